The molecule has 0 spiro atoms. The lowest BCUT2D eigenvalue weighted by atomic mass is 10.2. The van der Waals surface area contributed by atoms with Crippen LogP contribution in [0.1, 0.15) is 32.9 Å². The maximum absolute atomic E-state index is 12.0. The Morgan fingerprint density at radius 1 is 1.03 bits per heavy atom. The van der Waals surface area contributed by atoms with Crippen molar-refractivity contribution >= 4 is 23.8 Å². The number of hydrogen-bond acceptors (Lipinski definition) is 3. The molecule has 2 aromatic carbocycles. The Morgan fingerprint density at radius 3 is 2.38 bits per heavy atom. The van der Waals surface area contributed by atoms with Gasteiger partial charge in [-0.05, 0) is 62.7 Å². The number of nitrogens with two attached hydrogens (primary N) is 1. The number of amides is 3. The van der Waals surface area contributed by atoms with Crippen molar-refractivity contribution in [2.45, 2.75) is 20.8 Å². The van der Waals surface area contributed by atoms with Crippen molar-refractivity contribution in [2.24, 2.45) is 10.8 Å². The van der Waals surface area contributed by atoms with E-state index >= 15 is 0 Å². The summed E-state index contributed by atoms with van der Waals surface area (Å²) in [6.07, 6.45) is 1.61. The summed E-state index contributed by atoms with van der Waals surface area (Å²) in [6, 6.07) is 16.2. The Labute approximate surface area is 169 Å². The zero-order valence-electron chi connectivity index (χ0n) is 16.6. The maximum Gasteiger partial charge on any atom is 0.339 e. The van der Waals surface area contributed by atoms with Crippen LogP contribution in [0.4, 0.5) is 10.5 Å². The van der Waals surface area contributed by atoms with Gasteiger partial charge in [-0.15, -0.1) is 0 Å². The molecule has 148 valence electrons. The molecule has 1 aromatic heterocycles. The molecule has 1 heterocycles. The van der Waals surface area contributed by atoms with E-state index in [0.29, 0.717) is 5.56 Å². The summed E-state index contributed by atoms with van der Waals surface area (Å²) in [5.41, 5.74) is 13.7. The van der Waals surface area contributed by atoms with Gasteiger partial charge in [0.25, 0.3) is 0 Å². The fourth-order valence-electron chi connectivity index (χ4n) is 3.11. The monoisotopic (exact) mass is 389 g/mol. The first-order chi connectivity index (χ1) is 13.9. The van der Waals surface area contributed by atoms with Gasteiger partial charge in [-0.25, -0.2) is 10.2 Å². The first-order valence-electron chi connectivity index (χ1n) is 9.11. The lowest BCUT2D eigenvalue weighted by Gasteiger charge is -2.10. The molecule has 0 bridgehead atoms. The van der Waals surface area contributed by atoms with E-state index in [4.69, 9.17) is 5.73 Å². The van der Waals surface area contributed by atoms with Gasteiger partial charge in [0.1, 0.15) is 0 Å². The highest BCUT2D eigenvalue weighted by Crippen LogP contribution is 2.20. The van der Waals surface area contributed by atoms with Gasteiger partial charge in [-0.3, -0.25) is 4.79 Å². The van der Waals surface area contributed by atoms with Crippen LogP contribution in [0.3, 0.4) is 0 Å². The van der Waals surface area contributed by atoms with Crippen LogP contribution in [0.2, 0.25) is 0 Å². The number of carbonyl (C=O) groups is 2. The molecule has 0 aliphatic rings. The van der Waals surface area contributed by atoms with Crippen LogP contribution in [-0.4, -0.2) is 22.7 Å². The number of nitrogens with zero attached hydrogens (tertiary/aromatic N) is 2. The second kappa shape index (κ2) is 8.43. The largest absolute Gasteiger partial charge is 0.366 e. The van der Waals surface area contributed by atoms with Gasteiger partial charge in [0.15, 0.2) is 0 Å². The summed E-state index contributed by atoms with van der Waals surface area (Å²) < 4.78 is 2.04. The van der Waals surface area contributed by atoms with Crippen LogP contribution in [-0.2, 0) is 0 Å². The number of aromatic nitrogens is 1. The molecule has 0 saturated carbocycles. The molecule has 0 radical (unpaired) electrons. The fourth-order valence-corrected chi connectivity index (χ4v) is 3.11. The van der Waals surface area contributed by atoms with Crippen molar-refractivity contribution in [2.75, 3.05) is 5.32 Å². The van der Waals surface area contributed by atoms with E-state index in [1.807, 2.05) is 67.8 Å². The zero-order chi connectivity index (χ0) is 21.0. The van der Waals surface area contributed by atoms with Crippen LogP contribution in [0, 0.1) is 20.8 Å². The van der Waals surface area contributed by atoms with Gasteiger partial charge in [0.2, 0.25) is 5.91 Å². The molecule has 0 unspecified atom stereocenters. The number of rotatable bonds is 5. The van der Waals surface area contributed by atoms with Gasteiger partial charge < -0.3 is 15.6 Å². The number of urea groups is 1. The van der Waals surface area contributed by atoms with Crippen LogP contribution in [0.5, 0.6) is 0 Å². The molecule has 0 aliphatic heterocycles. The van der Waals surface area contributed by atoms with E-state index < -0.39 is 11.9 Å². The number of anilines is 1. The highest BCUT2D eigenvalue weighted by Gasteiger charge is 2.10. The Morgan fingerprint density at radius 2 is 1.72 bits per heavy atom. The smallest absolute Gasteiger partial charge is 0.339 e. The predicted octanol–water partition coefficient (Wildman–Crippen LogP) is 3.66. The third kappa shape index (κ3) is 4.52. The van der Waals surface area contributed by atoms with Gasteiger partial charge in [0, 0.05) is 33.9 Å². The van der Waals surface area contributed by atoms with E-state index in [1.165, 1.54) is 0 Å². The van der Waals surface area contributed by atoms with Crippen molar-refractivity contribution in [1.29, 1.82) is 0 Å². The summed E-state index contributed by atoms with van der Waals surface area (Å²) in [6.45, 7) is 5.86. The lowest BCUT2D eigenvalue weighted by Crippen LogP contribution is -2.24. The highest BCUT2D eigenvalue weighted by molar-refractivity contribution is 5.93. The molecule has 3 rings (SSSR count). The van der Waals surface area contributed by atoms with Gasteiger partial charge in [-0.1, -0.05) is 18.2 Å². The third-order valence-corrected chi connectivity index (χ3v) is 4.64. The molecule has 29 heavy (non-hydrogen) atoms. The number of para-hydroxylation sites is 1. The minimum atomic E-state index is -0.458. The van der Waals surface area contributed by atoms with Crippen molar-refractivity contribution < 1.29 is 9.59 Å². The lowest BCUT2D eigenvalue weighted by molar-refractivity contribution is 0.100. The third-order valence-electron chi connectivity index (χ3n) is 4.64. The summed E-state index contributed by atoms with van der Waals surface area (Å²) >= 11 is 0. The van der Waals surface area contributed by atoms with Gasteiger partial charge in [0.05, 0.1) is 6.21 Å². The van der Waals surface area contributed by atoms with Gasteiger partial charge >= 0.3 is 6.03 Å². The highest BCUT2D eigenvalue weighted by atomic mass is 16.2. The number of aryl methyl sites for hydroxylation is 2. The molecule has 0 saturated heterocycles. The summed E-state index contributed by atoms with van der Waals surface area (Å²) in [5, 5.41) is 6.81. The van der Waals surface area contributed by atoms with Crippen LogP contribution in [0.15, 0.2) is 59.7 Å². The van der Waals surface area contributed by atoms with Crippen LogP contribution in [0.25, 0.3) is 5.69 Å². The zero-order valence-corrected chi connectivity index (χ0v) is 16.6. The molecule has 3 amide bonds. The first kappa shape index (κ1) is 19.9. The van der Waals surface area contributed by atoms with Crippen LogP contribution < -0.4 is 16.5 Å². The molecule has 0 atom stereocenters. The Bertz CT molecular complexity index is 1080. The molecule has 3 aromatic rings. The standard InChI is InChI=1S/C22H23N5O2/c1-14-6-4-5-7-20(14)25-22(29)26-24-13-18-12-15(2)27(16(18)3)19-10-8-17(9-11-19)21(23)28/h4-13H,1-3H3,(H2,23,28)(H2,25,26,29). The molecule has 7 heteroatoms. The number of nitrogens with one attached hydrogen (secondary N) is 2. The average Bonchev–Trinajstić information content (AvgIpc) is 2.97. The fraction of sp³-hybridized carbons (Fsp3) is 0.136. The first-order valence-corrected chi connectivity index (χ1v) is 9.11. The normalized spacial score (nSPS) is 10.9. The molecule has 4 N–H and O–H groups in total. The van der Waals surface area contributed by atoms with E-state index in [1.54, 1.807) is 18.3 Å². The molecule has 0 fully saturated rings. The number of hydrogen-bond donors (Lipinski definition) is 3. The van der Waals surface area contributed by atoms with Crippen LogP contribution >= 0.6 is 0 Å². The average molecular weight is 389 g/mol. The second-order valence-corrected chi connectivity index (χ2v) is 6.71. The van der Waals surface area contributed by atoms with E-state index in [9.17, 15) is 9.59 Å². The summed E-state index contributed by atoms with van der Waals surface area (Å²) in [7, 11) is 0. The minimum absolute atomic E-state index is 0.411. The quantitative estimate of drug-likeness (QED) is 0.458. The number of hydrazone groups is 1. The van der Waals surface area contributed by atoms with Crippen molar-refractivity contribution in [3.63, 3.8) is 0 Å². The van der Waals surface area contributed by atoms with Crippen molar-refractivity contribution in [3.8, 4) is 5.69 Å². The van der Waals surface area contributed by atoms with E-state index in [2.05, 4.69) is 15.8 Å². The number of primary amides is 1. The molecular weight excluding hydrogens is 366 g/mol. The van der Waals surface area contributed by atoms with E-state index in [-0.39, 0.29) is 0 Å². The Hall–Kier alpha value is -3.87. The van der Waals surface area contributed by atoms with Gasteiger partial charge in [-0.2, -0.15) is 5.10 Å². The second-order valence-electron chi connectivity index (χ2n) is 6.71. The van der Waals surface area contributed by atoms with Crippen molar-refractivity contribution in [1.82, 2.24) is 9.99 Å². The maximum atomic E-state index is 12.0. The molecule has 0 aliphatic carbocycles. The SMILES string of the molecule is Cc1ccccc1NC(=O)NN=Cc1cc(C)n(-c2ccc(C(N)=O)cc2)c1C. The predicted molar refractivity (Wildman–Crippen MR) is 115 cm³/mol. The Balaban J connectivity index is 1.72. The Kier molecular flexibility index (Phi) is 5.78. The number of benzene rings is 2. The topological polar surface area (TPSA) is 102 Å². The molecular formula is C22H23N5O2. The number of carbonyl (C=O) groups excluding carboxylic acids is 2. The van der Waals surface area contributed by atoms with Crippen molar-refractivity contribution in [3.05, 3.63) is 82.7 Å². The molecule has 7 nitrogen and oxygen atoms in total. The summed E-state index contributed by atoms with van der Waals surface area (Å²) in [4.78, 5) is 23.3. The summed E-state index contributed by atoms with van der Waals surface area (Å²) in [5.74, 6) is -0.458. The van der Waals surface area contributed by atoms with E-state index in [0.717, 1.165) is 33.9 Å². The minimum Gasteiger partial charge on any atom is -0.366 e.